The molecule has 2 aliphatic carbocycles. The zero-order chi connectivity index (χ0) is 14.9. The lowest BCUT2D eigenvalue weighted by Gasteiger charge is -2.16. The number of aromatic nitrogens is 1. The molecule has 1 heterocycles. The normalized spacial score (nSPS) is 20.2. The van der Waals surface area contributed by atoms with Gasteiger partial charge in [-0.15, -0.1) is 0 Å². The highest BCUT2D eigenvalue weighted by Gasteiger charge is 2.53. The van der Waals surface area contributed by atoms with Crippen molar-refractivity contribution < 1.29 is 8.42 Å². The molecule has 2 N–H and O–H groups in total. The molecule has 0 bridgehead atoms. The Bertz CT molecular complexity index is 607. The highest BCUT2D eigenvalue weighted by atomic mass is 32.2. The third-order valence-corrected chi connectivity index (χ3v) is 5.90. The van der Waals surface area contributed by atoms with Crippen LogP contribution in [0, 0.1) is 11.3 Å². The van der Waals surface area contributed by atoms with Crippen molar-refractivity contribution in [2.75, 3.05) is 18.4 Å². The fraction of sp³-hybridized carbons (Fsp3) is 0.667. The van der Waals surface area contributed by atoms with Crippen LogP contribution in [0.2, 0.25) is 0 Å². The molecule has 2 aliphatic rings. The highest BCUT2D eigenvalue weighted by molar-refractivity contribution is 7.89. The number of nitrogens with one attached hydrogen (secondary N) is 2. The molecule has 0 aromatic carbocycles. The molecule has 1 aromatic rings. The van der Waals surface area contributed by atoms with Gasteiger partial charge in [-0.25, -0.2) is 18.1 Å². The summed E-state index contributed by atoms with van der Waals surface area (Å²) in [4.78, 5) is 4.07. The number of pyridine rings is 1. The summed E-state index contributed by atoms with van der Waals surface area (Å²) in [7, 11) is -3.54. The number of nitrogens with zero attached hydrogens (tertiary/aromatic N) is 1. The molecule has 0 saturated heterocycles. The van der Waals surface area contributed by atoms with E-state index >= 15 is 0 Å². The van der Waals surface area contributed by atoms with E-state index in [9.17, 15) is 8.42 Å². The summed E-state index contributed by atoms with van der Waals surface area (Å²) in [6.45, 7) is 3.34. The zero-order valence-corrected chi connectivity index (χ0v) is 13.2. The van der Waals surface area contributed by atoms with Crippen LogP contribution in [0.15, 0.2) is 23.4 Å². The van der Waals surface area contributed by atoms with Gasteiger partial charge in [0.25, 0.3) is 10.0 Å². The molecule has 2 saturated carbocycles. The average molecular weight is 309 g/mol. The molecule has 1 aromatic heterocycles. The minimum Gasteiger partial charge on any atom is -0.383 e. The van der Waals surface area contributed by atoms with E-state index in [1.807, 2.05) is 6.92 Å². The summed E-state index contributed by atoms with van der Waals surface area (Å²) in [5.74, 6) is 0.738. The van der Waals surface area contributed by atoms with E-state index in [4.69, 9.17) is 0 Å². The van der Waals surface area contributed by atoms with Gasteiger partial charge in [0.1, 0.15) is 0 Å². The van der Waals surface area contributed by atoms with Crippen LogP contribution in [-0.2, 0) is 10.0 Å². The van der Waals surface area contributed by atoms with E-state index in [2.05, 4.69) is 15.0 Å². The SMILES string of the molecule is CCCNc1cccnc1S(=O)(=O)NCC1(C2CC2)CC1. The summed E-state index contributed by atoms with van der Waals surface area (Å²) < 4.78 is 27.8. The first kappa shape index (κ1) is 14.8. The second kappa shape index (κ2) is 5.57. The molecule has 2 fully saturated rings. The van der Waals surface area contributed by atoms with E-state index < -0.39 is 10.0 Å². The second-order valence-electron chi connectivity index (χ2n) is 6.24. The van der Waals surface area contributed by atoms with Gasteiger partial charge in [-0.2, -0.15) is 0 Å². The summed E-state index contributed by atoms with van der Waals surface area (Å²) in [6.07, 6.45) is 7.29. The van der Waals surface area contributed by atoms with Gasteiger partial charge in [-0.3, -0.25) is 0 Å². The Morgan fingerprint density at radius 3 is 2.76 bits per heavy atom. The van der Waals surface area contributed by atoms with Crippen LogP contribution < -0.4 is 10.0 Å². The van der Waals surface area contributed by atoms with Gasteiger partial charge in [-0.05, 0) is 55.6 Å². The van der Waals surface area contributed by atoms with E-state index in [0.29, 0.717) is 12.2 Å². The minimum absolute atomic E-state index is 0.116. The zero-order valence-electron chi connectivity index (χ0n) is 12.4. The minimum atomic E-state index is -3.54. The molecule has 3 rings (SSSR count). The number of hydrogen-bond acceptors (Lipinski definition) is 4. The summed E-state index contributed by atoms with van der Waals surface area (Å²) in [5.41, 5.74) is 0.835. The Balaban J connectivity index is 1.72. The first-order valence-electron chi connectivity index (χ1n) is 7.76. The number of rotatable bonds is 8. The Labute approximate surface area is 126 Å². The molecule has 6 heteroatoms. The third kappa shape index (κ3) is 3.21. The van der Waals surface area contributed by atoms with Crippen LogP contribution in [0.1, 0.15) is 39.0 Å². The standard InChI is InChI=1S/C15H23N3O2S/c1-2-9-16-13-4-3-10-17-14(13)21(19,20)18-11-15(7-8-15)12-5-6-12/h3-4,10,12,16,18H,2,5-9,11H2,1H3. The van der Waals surface area contributed by atoms with Crippen molar-refractivity contribution >= 4 is 15.7 Å². The first-order valence-corrected chi connectivity index (χ1v) is 9.24. The van der Waals surface area contributed by atoms with Gasteiger partial charge in [0, 0.05) is 19.3 Å². The van der Waals surface area contributed by atoms with Crippen molar-refractivity contribution in [1.29, 1.82) is 0 Å². The Morgan fingerprint density at radius 2 is 2.14 bits per heavy atom. The first-order chi connectivity index (χ1) is 10.1. The van der Waals surface area contributed by atoms with E-state index in [1.54, 1.807) is 12.1 Å². The molecule has 21 heavy (non-hydrogen) atoms. The average Bonchev–Trinajstić information content (AvgIpc) is 3.36. The molecule has 0 unspecified atom stereocenters. The van der Waals surface area contributed by atoms with Crippen molar-refractivity contribution in [2.24, 2.45) is 11.3 Å². The number of anilines is 1. The van der Waals surface area contributed by atoms with Crippen LogP contribution >= 0.6 is 0 Å². The molecular weight excluding hydrogens is 286 g/mol. The van der Waals surface area contributed by atoms with Gasteiger partial charge in [0.2, 0.25) is 0 Å². The smallest absolute Gasteiger partial charge is 0.260 e. The number of sulfonamides is 1. The predicted octanol–water partition coefficient (Wildman–Crippen LogP) is 2.37. The summed E-state index contributed by atoms with van der Waals surface area (Å²) >= 11 is 0. The van der Waals surface area contributed by atoms with Crippen molar-refractivity contribution in [3.05, 3.63) is 18.3 Å². The topological polar surface area (TPSA) is 71.1 Å². The summed E-state index contributed by atoms with van der Waals surface area (Å²) in [6, 6.07) is 3.52. The summed E-state index contributed by atoms with van der Waals surface area (Å²) in [5, 5.41) is 3.25. The Kier molecular flexibility index (Phi) is 3.92. The van der Waals surface area contributed by atoms with E-state index in [1.165, 1.54) is 19.0 Å². The highest BCUT2D eigenvalue weighted by Crippen LogP contribution is 2.60. The van der Waals surface area contributed by atoms with Crippen LogP contribution in [0.5, 0.6) is 0 Å². The molecule has 5 nitrogen and oxygen atoms in total. The molecule has 0 aliphatic heterocycles. The maximum Gasteiger partial charge on any atom is 0.260 e. The largest absolute Gasteiger partial charge is 0.383 e. The molecular formula is C15H23N3O2S. The van der Waals surface area contributed by atoms with Gasteiger partial charge in [-0.1, -0.05) is 6.92 Å². The molecule has 116 valence electrons. The van der Waals surface area contributed by atoms with Crippen molar-refractivity contribution in [1.82, 2.24) is 9.71 Å². The fourth-order valence-electron chi connectivity index (χ4n) is 2.89. The Hall–Kier alpha value is -1.14. The van der Waals surface area contributed by atoms with Crippen LogP contribution in [0.25, 0.3) is 0 Å². The fourth-order valence-corrected chi connectivity index (χ4v) is 4.14. The number of hydrogen-bond donors (Lipinski definition) is 2. The van der Waals surface area contributed by atoms with Crippen molar-refractivity contribution in [2.45, 2.75) is 44.1 Å². The van der Waals surface area contributed by atoms with E-state index in [0.717, 1.165) is 31.7 Å². The Morgan fingerprint density at radius 1 is 1.38 bits per heavy atom. The molecule has 0 atom stereocenters. The van der Waals surface area contributed by atoms with Crippen LogP contribution in [0.3, 0.4) is 0 Å². The lowest BCUT2D eigenvalue weighted by Crippen LogP contribution is -2.32. The predicted molar refractivity (Wildman–Crippen MR) is 82.6 cm³/mol. The monoisotopic (exact) mass is 309 g/mol. The maximum atomic E-state index is 12.5. The molecule has 0 spiro atoms. The second-order valence-corrected chi connectivity index (χ2v) is 7.93. The molecule has 0 radical (unpaired) electrons. The lowest BCUT2D eigenvalue weighted by molar-refractivity contribution is 0.431. The van der Waals surface area contributed by atoms with Crippen molar-refractivity contribution in [3.63, 3.8) is 0 Å². The van der Waals surface area contributed by atoms with Crippen molar-refractivity contribution in [3.8, 4) is 0 Å². The van der Waals surface area contributed by atoms with Gasteiger partial charge < -0.3 is 5.32 Å². The van der Waals surface area contributed by atoms with Crippen LogP contribution in [0.4, 0.5) is 5.69 Å². The van der Waals surface area contributed by atoms with Gasteiger partial charge >= 0.3 is 0 Å². The van der Waals surface area contributed by atoms with E-state index in [-0.39, 0.29) is 10.4 Å². The quantitative estimate of drug-likeness (QED) is 0.773. The maximum absolute atomic E-state index is 12.5. The molecule has 0 amide bonds. The van der Waals surface area contributed by atoms with Gasteiger partial charge in [0.15, 0.2) is 5.03 Å². The lowest BCUT2D eigenvalue weighted by atomic mass is 10.0. The van der Waals surface area contributed by atoms with Crippen LogP contribution in [-0.4, -0.2) is 26.5 Å². The third-order valence-electron chi connectivity index (χ3n) is 4.54. The van der Waals surface area contributed by atoms with Gasteiger partial charge in [0.05, 0.1) is 5.69 Å².